The maximum atomic E-state index is 6.36. The first-order valence-electron chi connectivity index (χ1n) is 8.69. The van der Waals surface area contributed by atoms with Gasteiger partial charge in [0.1, 0.15) is 5.82 Å². The van der Waals surface area contributed by atoms with E-state index in [-0.39, 0.29) is 0 Å². The Kier molecular flexibility index (Phi) is 4.78. The molecule has 1 saturated carbocycles. The summed E-state index contributed by atoms with van der Waals surface area (Å²) in [7, 11) is 0. The third-order valence-electron chi connectivity index (χ3n) is 4.72. The standard InChI is InChI=1S/C20H19Cl2N3/c21-13-10-11-16-18(12-13)24-19(15-8-4-5-9-17(15)22)25-20(16)23-14-6-2-1-3-7-14/h4-5,8-12,14H,1-3,6-7H2,(H,23,24,25). The molecular formula is C20H19Cl2N3. The quantitative estimate of drug-likeness (QED) is 0.582. The number of halogens is 2. The van der Waals surface area contributed by atoms with Crippen molar-refractivity contribution in [3.63, 3.8) is 0 Å². The largest absolute Gasteiger partial charge is 0.367 e. The van der Waals surface area contributed by atoms with Crippen LogP contribution in [0.25, 0.3) is 22.3 Å². The van der Waals surface area contributed by atoms with Gasteiger partial charge in [-0.05, 0) is 43.2 Å². The van der Waals surface area contributed by atoms with Gasteiger partial charge < -0.3 is 5.32 Å². The minimum Gasteiger partial charge on any atom is -0.367 e. The number of hydrogen-bond donors (Lipinski definition) is 1. The molecule has 128 valence electrons. The predicted molar refractivity (Wildman–Crippen MR) is 105 cm³/mol. The molecule has 0 radical (unpaired) electrons. The van der Waals surface area contributed by atoms with Crippen molar-refractivity contribution in [2.75, 3.05) is 5.32 Å². The van der Waals surface area contributed by atoms with Gasteiger partial charge in [-0.2, -0.15) is 0 Å². The van der Waals surface area contributed by atoms with E-state index >= 15 is 0 Å². The zero-order chi connectivity index (χ0) is 17.2. The minimum atomic E-state index is 0.460. The Bertz CT molecular complexity index is 905. The minimum absolute atomic E-state index is 0.460. The van der Waals surface area contributed by atoms with Crippen LogP contribution in [0, 0.1) is 0 Å². The number of aromatic nitrogens is 2. The Morgan fingerprint density at radius 2 is 1.72 bits per heavy atom. The van der Waals surface area contributed by atoms with Crippen molar-refractivity contribution in [2.45, 2.75) is 38.1 Å². The molecule has 1 fully saturated rings. The monoisotopic (exact) mass is 371 g/mol. The highest BCUT2D eigenvalue weighted by molar-refractivity contribution is 6.33. The van der Waals surface area contributed by atoms with Gasteiger partial charge in [0, 0.05) is 22.0 Å². The molecule has 0 spiro atoms. The summed E-state index contributed by atoms with van der Waals surface area (Å²) < 4.78 is 0. The van der Waals surface area contributed by atoms with Crippen LogP contribution in [0.1, 0.15) is 32.1 Å². The van der Waals surface area contributed by atoms with Crippen molar-refractivity contribution >= 4 is 39.9 Å². The van der Waals surface area contributed by atoms with Crippen LogP contribution in [-0.2, 0) is 0 Å². The first-order chi connectivity index (χ1) is 12.2. The molecule has 1 heterocycles. The molecule has 0 bridgehead atoms. The van der Waals surface area contributed by atoms with Crippen molar-refractivity contribution in [1.82, 2.24) is 9.97 Å². The molecule has 0 aliphatic heterocycles. The summed E-state index contributed by atoms with van der Waals surface area (Å²) in [5.74, 6) is 1.49. The van der Waals surface area contributed by atoms with E-state index < -0.39 is 0 Å². The Labute approximate surface area is 157 Å². The molecule has 3 aromatic rings. The summed E-state index contributed by atoms with van der Waals surface area (Å²) >= 11 is 12.5. The number of nitrogens with zero attached hydrogens (tertiary/aromatic N) is 2. The summed E-state index contributed by atoms with van der Waals surface area (Å²) in [5.41, 5.74) is 1.66. The van der Waals surface area contributed by atoms with Crippen LogP contribution in [0.2, 0.25) is 10.0 Å². The van der Waals surface area contributed by atoms with Crippen molar-refractivity contribution < 1.29 is 0 Å². The maximum absolute atomic E-state index is 6.36. The Balaban J connectivity index is 1.83. The number of benzene rings is 2. The molecule has 1 aliphatic rings. The van der Waals surface area contributed by atoms with E-state index in [0.29, 0.717) is 21.9 Å². The fourth-order valence-electron chi connectivity index (χ4n) is 3.42. The zero-order valence-electron chi connectivity index (χ0n) is 13.8. The molecule has 1 N–H and O–H groups in total. The van der Waals surface area contributed by atoms with Crippen LogP contribution >= 0.6 is 23.2 Å². The van der Waals surface area contributed by atoms with E-state index in [0.717, 1.165) is 22.3 Å². The molecule has 4 rings (SSSR count). The lowest BCUT2D eigenvalue weighted by Crippen LogP contribution is -2.23. The van der Waals surface area contributed by atoms with E-state index in [4.69, 9.17) is 33.2 Å². The van der Waals surface area contributed by atoms with Gasteiger partial charge >= 0.3 is 0 Å². The number of nitrogens with one attached hydrogen (secondary N) is 1. The summed E-state index contributed by atoms with van der Waals surface area (Å²) in [6, 6.07) is 13.9. The van der Waals surface area contributed by atoms with Crippen LogP contribution in [0.4, 0.5) is 5.82 Å². The second-order valence-electron chi connectivity index (χ2n) is 6.52. The average Bonchev–Trinajstić information content (AvgIpc) is 2.62. The molecule has 1 aliphatic carbocycles. The average molecular weight is 372 g/mol. The van der Waals surface area contributed by atoms with E-state index in [2.05, 4.69) is 5.32 Å². The van der Waals surface area contributed by atoms with Gasteiger partial charge in [-0.3, -0.25) is 0 Å². The highest BCUT2D eigenvalue weighted by atomic mass is 35.5. The first kappa shape index (κ1) is 16.6. The van der Waals surface area contributed by atoms with Gasteiger partial charge in [-0.25, -0.2) is 9.97 Å². The second-order valence-corrected chi connectivity index (χ2v) is 7.36. The summed E-state index contributed by atoms with van der Waals surface area (Å²) in [5, 5.41) is 5.94. The van der Waals surface area contributed by atoms with Crippen molar-refractivity contribution in [3.8, 4) is 11.4 Å². The third kappa shape index (κ3) is 3.58. The van der Waals surface area contributed by atoms with Crippen LogP contribution in [0.5, 0.6) is 0 Å². The molecule has 0 saturated heterocycles. The molecule has 1 aromatic heterocycles. The lowest BCUT2D eigenvalue weighted by molar-refractivity contribution is 0.462. The molecule has 0 unspecified atom stereocenters. The van der Waals surface area contributed by atoms with Crippen molar-refractivity contribution in [3.05, 3.63) is 52.5 Å². The number of fused-ring (bicyclic) bond motifs is 1. The summed E-state index contributed by atoms with van der Waals surface area (Å²) in [6.07, 6.45) is 6.22. The molecule has 5 heteroatoms. The number of hydrogen-bond acceptors (Lipinski definition) is 3. The van der Waals surface area contributed by atoms with Crippen LogP contribution in [-0.4, -0.2) is 16.0 Å². The topological polar surface area (TPSA) is 37.8 Å². The van der Waals surface area contributed by atoms with Crippen LogP contribution in [0.15, 0.2) is 42.5 Å². The predicted octanol–water partition coefficient (Wildman–Crippen LogP) is 6.35. The molecule has 0 amide bonds. The third-order valence-corrected chi connectivity index (χ3v) is 5.28. The zero-order valence-corrected chi connectivity index (χ0v) is 15.3. The second kappa shape index (κ2) is 7.19. The Morgan fingerprint density at radius 1 is 0.920 bits per heavy atom. The highest BCUT2D eigenvalue weighted by Crippen LogP contribution is 2.31. The van der Waals surface area contributed by atoms with Gasteiger partial charge in [-0.15, -0.1) is 0 Å². The lowest BCUT2D eigenvalue weighted by atomic mass is 9.95. The first-order valence-corrected chi connectivity index (χ1v) is 9.45. The molecule has 25 heavy (non-hydrogen) atoms. The van der Waals surface area contributed by atoms with Gasteiger partial charge in [0.2, 0.25) is 0 Å². The van der Waals surface area contributed by atoms with Gasteiger partial charge in [-0.1, -0.05) is 54.6 Å². The van der Waals surface area contributed by atoms with Gasteiger partial charge in [0.15, 0.2) is 5.82 Å². The van der Waals surface area contributed by atoms with Crippen molar-refractivity contribution in [1.29, 1.82) is 0 Å². The van der Waals surface area contributed by atoms with Gasteiger partial charge in [0.25, 0.3) is 0 Å². The SMILES string of the molecule is Clc1ccc2c(NC3CCCCC3)nc(-c3ccccc3Cl)nc2c1. The summed E-state index contributed by atoms with van der Waals surface area (Å²) in [6.45, 7) is 0. The molecule has 0 atom stereocenters. The van der Waals surface area contributed by atoms with Gasteiger partial charge in [0.05, 0.1) is 10.5 Å². The fraction of sp³-hybridized carbons (Fsp3) is 0.300. The highest BCUT2D eigenvalue weighted by Gasteiger charge is 2.17. The van der Waals surface area contributed by atoms with Crippen LogP contribution < -0.4 is 5.32 Å². The molecular weight excluding hydrogens is 353 g/mol. The van der Waals surface area contributed by atoms with Crippen LogP contribution in [0.3, 0.4) is 0 Å². The van der Waals surface area contributed by atoms with E-state index in [9.17, 15) is 0 Å². The normalized spacial score (nSPS) is 15.4. The fourth-order valence-corrected chi connectivity index (χ4v) is 3.80. The molecule has 2 aromatic carbocycles. The molecule has 3 nitrogen and oxygen atoms in total. The Morgan fingerprint density at radius 3 is 2.52 bits per heavy atom. The maximum Gasteiger partial charge on any atom is 0.163 e. The van der Waals surface area contributed by atoms with E-state index in [1.807, 2.05) is 42.5 Å². The number of anilines is 1. The lowest BCUT2D eigenvalue weighted by Gasteiger charge is -2.24. The van der Waals surface area contributed by atoms with E-state index in [1.54, 1.807) is 0 Å². The smallest absolute Gasteiger partial charge is 0.163 e. The van der Waals surface area contributed by atoms with Crippen molar-refractivity contribution in [2.24, 2.45) is 0 Å². The summed E-state index contributed by atoms with van der Waals surface area (Å²) in [4.78, 5) is 9.51. The number of rotatable bonds is 3. The van der Waals surface area contributed by atoms with E-state index in [1.165, 1.54) is 32.1 Å². The Hall–Kier alpha value is -1.84.